The van der Waals surface area contributed by atoms with Crippen LogP contribution in [0.25, 0.3) is 0 Å². The number of nitrogens with zero attached hydrogens (tertiary/aromatic N) is 1. The average molecular weight is 318 g/mol. The molecule has 1 N–H and O–H groups in total. The Kier molecular flexibility index (Phi) is 6.82. The van der Waals surface area contributed by atoms with Crippen LogP contribution < -0.4 is 0 Å². The number of hydrogen-bond acceptors (Lipinski definition) is 2. The van der Waals surface area contributed by atoms with Crippen LogP contribution in [0.5, 0.6) is 0 Å². The van der Waals surface area contributed by atoms with Gasteiger partial charge in [0.2, 0.25) is 0 Å². The maximum Gasteiger partial charge on any atom is 0.124 e. The molecule has 1 unspecified atom stereocenters. The number of aliphatic hydroxyl groups is 1. The Bertz CT molecular complexity index is 369. The highest BCUT2D eigenvalue weighted by Crippen LogP contribution is 2.20. The van der Waals surface area contributed by atoms with Crippen molar-refractivity contribution in [2.45, 2.75) is 32.8 Å². The molecule has 102 valence electrons. The molecule has 2 nitrogen and oxygen atoms in total. The van der Waals surface area contributed by atoms with Crippen molar-refractivity contribution in [3.63, 3.8) is 0 Å². The molecular weight excluding hydrogens is 297 g/mol. The van der Waals surface area contributed by atoms with Crippen molar-refractivity contribution in [2.24, 2.45) is 0 Å². The summed E-state index contributed by atoms with van der Waals surface area (Å²) in [7, 11) is 0. The number of halogens is 2. The second-order valence-electron chi connectivity index (χ2n) is 4.41. The summed E-state index contributed by atoms with van der Waals surface area (Å²) in [4.78, 5) is 2.28. The molecule has 1 rings (SSSR count). The molecule has 1 aromatic carbocycles. The maximum atomic E-state index is 12.9. The molecule has 0 aliphatic carbocycles. The number of benzene rings is 1. The van der Waals surface area contributed by atoms with E-state index in [0.717, 1.165) is 36.1 Å². The van der Waals surface area contributed by atoms with Gasteiger partial charge in [0.05, 0.1) is 6.10 Å². The van der Waals surface area contributed by atoms with Gasteiger partial charge >= 0.3 is 0 Å². The normalized spacial score (nSPS) is 13.0. The van der Waals surface area contributed by atoms with Crippen LogP contribution in [0.2, 0.25) is 0 Å². The third-order valence-electron chi connectivity index (χ3n) is 3.14. The monoisotopic (exact) mass is 317 g/mol. The van der Waals surface area contributed by atoms with E-state index >= 15 is 0 Å². The molecule has 4 heteroatoms. The van der Waals surface area contributed by atoms with Crippen molar-refractivity contribution in [3.8, 4) is 0 Å². The first-order valence-corrected chi connectivity index (χ1v) is 7.20. The summed E-state index contributed by atoms with van der Waals surface area (Å²) in [6.45, 7) is 7.14. The Labute approximate surface area is 117 Å². The van der Waals surface area contributed by atoms with Gasteiger partial charge in [-0.15, -0.1) is 0 Å². The van der Waals surface area contributed by atoms with Gasteiger partial charge < -0.3 is 10.0 Å². The van der Waals surface area contributed by atoms with Crippen LogP contribution >= 0.6 is 15.9 Å². The maximum absolute atomic E-state index is 12.9. The van der Waals surface area contributed by atoms with Gasteiger partial charge in [-0.25, -0.2) is 4.39 Å². The molecule has 0 saturated heterocycles. The molecule has 0 saturated carbocycles. The molecule has 0 spiro atoms. The van der Waals surface area contributed by atoms with Gasteiger partial charge in [-0.2, -0.15) is 0 Å². The van der Waals surface area contributed by atoms with Gasteiger partial charge in [0.1, 0.15) is 5.82 Å². The predicted molar refractivity (Wildman–Crippen MR) is 76.2 cm³/mol. The lowest BCUT2D eigenvalue weighted by Gasteiger charge is -2.20. The quantitative estimate of drug-likeness (QED) is 0.834. The van der Waals surface area contributed by atoms with Gasteiger partial charge in [-0.05, 0) is 43.6 Å². The molecule has 0 aliphatic heterocycles. The topological polar surface area (TPSA) is 23.5 Å². The van der Waals surface area contributed by atoms with Crippen molar-refractivity contribution < 1.29 is 9.50 Å². The molecular formula is C14H21BrFNO. The first-order chi connectivity index (χ1) is 8.56. The average Bonchev–Trinajstić information content (AvgIpc) is 2.34. The van der Waals surface area contributed by atoms with Crippen molar-refractivity contribution in [3.05, 3.63) is 34.1 Å². The molecule has 18 heavy (non-hydrogen) atoms. The first-order valence-electron chi connectivity index (χ1n) is 6.41. The standard InChI is InChI=1S/C14H21BrFNO/c1-3-17(4-2)8-7-13(18)9-11-5-6-12(16)10-14(11)15/h5-6,10,13,18H,3-4,7-9H2,1-2H3. The fourth-order valence-corrected chi connectivity index (χ4v) is 2.43. The van der Waals surface area contributed by atoms with Crippen LogP contribution in [0, 0.1) is 5.82 Å². The number of rotatable bonds is 7. The minimum absolute atomic E-state index is 0.261. The Morgan fingerprint density at radius 1 is 1.33 bits per heavy atom. The van der Waals surface area contributed by atoms with Crippen molar-refractivity contribution >= 4 is 15.9 Å². The molecule has 0 radical (unpaired) electrons. The van der Waals surface area contributed by atoms with E-state index in [1.807, 2.05) is 0 Å². The summed E-state index contributed by atoms with van der Waals surface area (Å²) in [6, 6.07) is 4.59. The highest BCUT2D eigenvalue weighted by atomic mass is 79.9. The fraction of sp³-hybridized carbons (Fsp3) is 0.571. The third-order valence-corrected chi connectivity index (χ3v) is 3.88. The zero-order valence-corrected chi connectivity index (χ0v) is 12.6. The summed E-state index contributed by atoms with van der Waals surface area (Å²) in [5.41, 5.74) is 0.948. The van der Waals surface area contributed by atoms with Crippen LogP contribution in [-0.4, -0.2) is 35.7 Å². The first kappa shape index (κ1) is 15.6. The summed E-state index contributed by atoms with van der Waals surface area (Å²) in [5, 5.41) is 10.00. The van der Waals surface area contributed by atoms with Crippen LogP contribution in [0.4, 0.5) is 4.39 Å². The molecule has 0 heterocycles. The van der Waals surface area contributed by atoms with Crippen LogP contribution in [0.15, 0.2) is 22.7 Å². The highest BCUT2D eigenvalue weighted by Gasteiger charge is 2.10. The second kappa shape index (κ2) is 7.87. The van der Waals surface area contributed by atoms with Crippen molar-refractivity contribution in [1.82, 2.24) is 4.90 Å². The summed E-state index contributed by atoms with van der Waals surface area (Å²) >= 11 is 3.32. The van der Waals surface area contributed by atoms with E-state index in [9.17, 15) is 9.50 Å². The fourth-order valence-electron chi connectivity index (χ4n) is 1.91. The van der Waals surface area contributed by atoms with E-state index < -0.39 is 0 Å². The van der Waals surface area contributed by atoms with Crippen LogP contribution in [0.1, 0.15) is 25.8 Å². The van der Waals surface area contributed by atoms with Crippen LogP contribution in [-0.2, 0) is 6.42 Å². The Morgan fingerprint density at radius 2 is 2.00 bits per heavy atom. The smallest absolute Gasteiger partial charge is 0.124 e. The van der Waals surface area contributed by atoms with Gasteiger partial charge in [-0.1, -0.05) is 35.8 Å². The summed E-state index contributed by atoms with van der Waals surface area (Å²) < 4.78 is 13.7. The summed E-state index contributed by atoms with van der Waals surface area (Å²) in [5.74, 6) is -0.261. The van der Waals surface area contributed by atoms with Crippen LogP contribution in [0.3, 0.4) is 0 Å². The SMILES string of the molecule is CCN(CC)CCC(O)Cc1ccc(F)cc1Br. The molecule has 0 aliphatic rings. The Morgan fingerprint density at radius 3 is 2.56 bits per heavy atom. The van der Waals surface area contributed by atoms with Crippen molar-refractivity contribution in [2.75, 3.05) is 19.6 Å². The predicted octanol–water partition coefficient (Wildman–Crippen LogP) is 3.22. The molecule has 1 atom stereocenters. The largest absolute Gasteiger partial charge is 0.393 e. The lowest BCUT2D eigenvalue weighted by Crippen LogP contribution is -2.27. The molecule has 0 amide bonds. The van der Waals surface area contributed by atoms with E-state index in [-0.39, 0.29) is 11.9 Å². The van der Waals surface area contributed by atoms with Gasteiger partial charge in [0, 0.05) is 11.0 Å². The van der Waals surface area contributed by atoms with E-state index in [1.54, 1.807) is 6.07 Å². The lowest BCUT2D eigenvalue weighted by molar-refractivity contribution is 0.143. The molecule has 1 aromatic rings. The highest BCUT2D eigenvalue weighted by molar-refractivity contribution is 9.10. The van der Waals surface area contributed by atoms with E-state index in [2.05, 4.69) is 34.7 Å². The van der Waals surface area contributed by atoms with E-state index in [4.69, 9.17) is 0 Å². The lowest BCUT2D eigenvalue weighted by atomic mass is 10.1. The minimum Gasteiger partial charge on any atom is -0.393 e. The van der Waals surface area contributed by atoms with Gasteiger partial charge in [0.25, 0.3) is 0 Å². The Hall–Kier alpha value is -0.450. The molecule has 0 fully saturated rings. The van der Waals surface area contributed by atoms with Gasteiger partial charge in [0.15, 0.2) is 0 Å². The van der Waals surface area contributed by atoms with Crippen molar-refractivity contribution in [1.29, 1.82) is 0 Å². The second-order valence-corrected chi connectivity index (χ2v) is 5.26. The number of aliphatic hydroxyl groups excluding tert-OH is 1. The van der Waals surface area contributed by atoms with Gasteiger partial charge in [-0.3, -0.25) is 0 Å². The number of hydrogen-bond donors (Lipinski definition) is 1. The van der Waals surface area contributed by atoms with E-state index in [0.29, 0.717) is 6.42 Å². The molecule has 0 aromatic heterocycles. The Balaban J connectivity index is 2.46. The molecule has 0 bridgehead atoms. The van der Waals surface area contributed by atoms with E-state index in [1.165, 1.54) is 12.1 Å². The minimum atomic E-state index is -0.382. The zero-order chi connectivity index (χ0) is 13.5. The third kappa shape index (κ3) is 5.04. The zero-order valence-electron chi connectivity index (χ0n) is 11.0. The summed E-state index contributed by atoms with van der Waals surface area (Å²) in [6.07, 6.45) is 0.917.